The first kappa shape index (κ1) is 6.46. The van der Waals surface area contributed by atoms with Gasteiger partial charge in [0.05, 0.1) is 11.6 Å². The van der Waals surface area contributed by atoms with Crippen LogP contribution in [0.15, 0.2) is 30.0 Å². The van der Waals surface area contributed by atoms with Crippen LogP contribution in [0.5, 0.6) is 0 Å². The van der Waals surface area contributed by atoms with Crippen LogP contribution in [0, 0.1) is 17.8 Å². The first-order valence-corrected chi connectivity index (χ1v) is 4.44. The molecule has 4 atom stereocenters. The van der Waals surface area contributed by atoms with Crippen molar-refractivity contribution in [3.05, 3.63) is 24.8 Å². The number of fused-ring (bicyclic) bond motifs is 5. The fraction of sp³-hybridized carbons (Fsp3) is 0.500. The van der Waals surface area contributed by atoms with Gasteiger partial charge >= 0.3 is 0 Å². The Morgan fingerprint density at radius 2 is 2.33 bits per heavy atom. The predicted octanol–water partition coefficient (Wildman–Crippen LogP) is 1.75. The molecule has 0 spiro atoms. The average molecular weight is 161 g/mol. The van der Waals surface area contributed by atoms with Crippen LogP contribution < -0.4 is 0 Å². The van der Waals surface area contributed by atoms with E-state index in [9.17, 15) is 0 Å². The fourth-order valence-electron chi connectivity index (χ4n) is 2.66. The Balaban J connectivity index is 2.00. The lowest BCUT2D eigenvalue weighted by Gasteiger charge is -2.17. The minimum atomic E-state index is 0.327. The van der Waals surface area contributed by atoms with Gasteiger partial charge in [-0.15, -0.1) is 0 Å². The Hall–Kier alpha value is -1.05. The van der Waals surface area contributed by atoms with E-state index >= 15 is 0 Å². The average Bonchev–Trinajstić information content (AvgIpc) is 2.76. The third kappa shape index (κ3) is 0.591. The quantitative estimate of drug-likeness (QED) is 0.537. The van der Waals surface area contributed by atoms with Crippen molar-refractivity contribution in [2.75, 3.05) is 0 Å². The highest BCUT2D eigenvalue weighted by molar-refractivity contribution is 5.98. The molecule has 0 aromatic heterocycles. The number of hydrogen-bond donors (Lipinski definition) is 0. The van der Waals surface area contributed by atoms with Crippen molar-refractivity contribution >= 4 is 5.71 Å². The van der Waals surface area contributed by atoms with E-state index in [1.165, 1.54) is 6.42 Å². The van der Waals surface area contributed by atoms with Crippen molar-refractivity contribution in [2.24, 2.45) is 22.9 Å². The zero-order valence-corrected chi connectivity index (χ0v) is 6.81. The standard InChI is InChI=1S/C10H11NO/c1-2-8-9-6-3-4-7(5-6)10(9)12-11-8/h2-4,6-7,9-10H,1,5H2/t6-,7+,9?,10?/m0/s1. The molecular formula is C10H11NO. The Kier molecular flexibility index (Phi) is 1.08. The molecular weight excluding hydrogens is 150 g/mol. The summed E-state index contributed by atoms with van der Waals surface area (Å²) in [5.41, 5.74) is 1.05. The molecule has 2 aliphatic carbocycles. The monoisotopic (exact) mass is 161 g/mol. The molecule has 62 valence electrons. The highest BCUT2D eigenvalue weighted by atomic mass is 16.6. The molecule has 2 bridgehead atoms. The number of oxime groups is 1. The summed E-state index contributed by atoms with van der Waals surface area (Å²) in [5, 5.41) is 4.04. The maximum absolute atomic E-state index is 5.38. The third-order valence-electron chi connectivity index (χ3n) is 3.22. The third-order valence-corrected chi connectivity index (χ3v) is 3.22. The van der Waals surface area contributed by atoms with Gasteiger partial charge in [0.25, 0.3) is 0 Å². The Morgan fingerprint density at radius 1 is 1.50 bits per heavy atom. The zero-order valence-electron chi connectivity index (χ0n) is 6.81. The normalized spacial score (nSPS) is 47.2. The maximum Gasteiger partial charge on any atom is 0.142 e. The molecule has 0 aromatic rings. The summed E-state index contributed by atoms with van der Waals surface area (Å²) in [6.45, 7) is 3.75. The van der Waals surface area contributed by atoms with Gasteiger partial charge in [-0.05, 0) is 18.4 Å². The maximum atomic E-state index is 5.38. The van der Waals surface area contributed by atoms with Crippen LogP contribution in [0.2, 0.25) is 0 Å². The van der Waals surface area contributed by atoms with Gasteiger partial charge in [0.1, 0.15) is 6.10 Å². The van der Waals surface area contributed by atoms with E-state index < -0.39 is 0 Å². The van der Waals surface area contributed by atoms with Gasteiger partial charge in [0.15, 0.2) is 0 Å². The highest BCUT2D eigenvalue weighted by Crippen LogP contribution is 2.48. The lowest BCUT2D eigenvalue weighted by Crippen LogP contribution is -2.26. The second-order valence-electron chi connectivity index (χ2n) is 3.76. The van der Waals surface area contributed by atoms with Crippen molar-refractivity contribution in [3.63, 3.8) is 0 Å². The molecule has 0 radical (unpaired) electrons. The van der Waals surface area contributed by atoms with Gasteiger partial charge in [-0.2, -0.15) is 0 Å². The number of hydrogen-bond acceptors (Lipinski definition) is 2. The second kappa shape index (κ2) is 2.00. The first-order chi connectivity index (χ1) is 5.90. The summed E-state index contributed by atoms with van der Waals surface area (Å²) in [6.07, 6.45) is 7.99. The molecule has 2 nitrogen and oxygen atoms in total. The molecule has 3 aliphatic rings. The summed E-state index contributed by atoms with van der Waals surface area (Å²) in [4.78, 5) is 5.38. The van der Waals surface area contributed by atoms with Crippen molar-refractivity contribution in [1.82, 2.24) is 0 Å². The number of rotatable bonds is 1. The SMILES string of the molecule is C=CC1=NOC2C1[C@H]1C=C[C@@H]2C1. The van der Waals surface area contributed by atoms with E-state index in [0.29, 0.717) is 23.9 Å². The van der Waals surface area contributed by atoms with E-state index in [-0.39, 0.29) is 0 Å². The summed E-state index contributed by atoms with van der Waals surface area (Å²) >= 11 is 0. The van der Waals surface area contributed by atoms with Crippen LogP contribution in [-0.2, 0) is 4.84 Å². The Morgan fingerprint density at radius 3 is 3.17 bits per heavy atom. The largest absolute Gasteiger partial charge is 0.391 e. The van der Waals surface area contributed by atoms with Crippen molar-refractivity contribution in [3.8, 4) is 0 Å². The van der Waals surface area contributed by atoms with Crippen LogP contribution in [0.3, 0.4) is 0 Å². The van der Waals surface area contributed by atoms with Crippen molar-refractivity contribution < 1.29 is 4.84 Å². The molecule has 1 aliphatic heterocycles. The number of allylic oxidation sites excluding steroid dienone is 2. The molecule has 0 amide bonds. The lowest BCUT2D eigenvalue weighted by atomic mass is 9.87. The van der Waals surface area contributed by atoms with Gasteiger partial charge < -0.3 is 4.84 Å². The summed E-state index contributed by atoms with van der Waals surface area (Å²) < 4.78 is 0. The predicted molar refractivity (Wildman–Crippen MR) is 46.7 cm³/mol. The van der Waals surface area contributed by atoms with Crippen LogP contribution in [0.25, 0.3) is 0 Å². The molecule has 1 heterocycles. The molecule has 12 heavy (non-hydrogen) atoms. The fourth-order valence-corrected chi connectivity index (χ4v) is 2.66. The van der Waals surface area contributed by atoms with Crippen LogP contribution in [0.4, 0.5) is 0 Å². The lowest BCUT2D eigenvalue weighted by molar-refractivity contribution is 0.0504. The molecule has 1 fully saturated rings. The van der Waals surface area contributed by atoms with Gasteiger partial charge in [-0.1, -0.05) is 23.9 Å². The summed E-state index contributed by atoms with van der Waals surface area (Å²) in [5.74, 6) is 1.79. The zero-order chi connectivity index (χ0) is 8.13. The molecule has 0 aromatic carbocycles. The molecule has 2 unspecified atom stereocenters. The molecule has 1 saturated carbocycles. The van der Waals surface area contributed by atoms with Crippen LogP contribution in [0.1, 0.15) is 6.42 Å². The smallest absolute Gasteiger partial charge is 0.142 e. The van der Waals surface area contributed by atoms with E-state index in [1.54, 1.807) is 0 Å². The van der Waals surface area contributed by atoms with Crippen molar-refractivity contribution in [1.29, 1.82) is 0 Å². The first-order valence-electron chi connectivity index (χ1n) is 4.44. The minimum Gasteiger partial charge on any atom is -0.391 e. The van der Waals surface area contributed by atoms with Crippen LogP contribution >= 0.6 is 0 Å². The van der Waals surface area contributed by atoms with Gasteiger partial charge in [-0.25, -0.2) is 0 Å². The molecule has 3 rings (SSSR count). The topological polar surface area (TPSA) is 21.6 Å². The molecule has 2 heteroatoms. The van der Waals surface area contributed by atoms with Gasteiger partial charge in [0.2, 0.25) is 0 Å². The second-order valence-corrected chi connectivity index (χ2v) is 3.76. The van der Waals surface area contributed by atoms with E-state index in [0.717, 1.165) is 5.71 Å². The van der Waals surface area contributed by atoms with Gasteiger partial charge in [-0.3, -0.25) is 0 Å². The van der Waals surface area contributed by atoms with Crippen LogP contribution in [-0.4, -0.2) is 11.8 Å². The van der Waals surface area contributed by atoms with Crippen molar-refractivity contribution in [2.45, 2.75) is 12.5 Å². The summed E-state index contributed by atoms with van der Waals surface area (Å²) in [6, 6.07) is 0. The minimum absolute atomic E-state index is 0.327. The number of nitrogens with zero attached hydrogens (tertiary/aromatic N) is 1. The Labute approximate surface area is 71.6 Å². The highest BCUT2D eigenvalue weighted by Gasteiger charge is 2.50. The molecule has 0 saturated heterocycles. The summed E-state index contributed by atoms with van der Waals surface area (Å²) in [7, 11) is 0. The molecule has 0 N–H and O–H groups in total. The van der Waals surface area contributed by atoms with E-state index in [4.69, 9.17) is 4.84 Å². The Bertz CT molecular complexity index is 292. The van der Waals surface area contributed by atoms with Gasteiger partial charge in [0, 0.05) is 5.92 Å². The van der Waals surface area contributed by atoms with E-state index in [1.807, 2.05) is 6.08 Å². The van der Waals surface area contributed by atoms with E-state index in [2.05, 4.69) is 23.9 Å².